The molecule has 0 rings (SSSR count). The molecule has 0 heterocycles. The first kappa shape index (κ1) is 25.5. The summed E-state index contributed by atoms with van der Waals surface area (Å²) >= 11 is 0. The van der Waals surface area contributed by atoms with Crippen molar-refractivity contribution in [1.82, 2.24) is 0 Å². The Labute approximate surface area is 157 Å². The van der Waals surface area contributed by atoms with Gasteiger partial charge in [-0.2, -0.15) is 0 Å². The summed E-state index contributed by atoms with van der Waals surface area (Å²) in [6.45, 7) is 1.86. The Morgan fingerprint density at radius 3 is 2.27 bits per heavy atom. The first-order chi connectivity index (χ1) is 12.1. The van der Waals surface area contributed by atoms with Gasteiger partial charge in [0.2, 0.25) is 0 Å². The number of carbonyl (C=O) groups is 1. The Morgan fingerprint density at radius 2 is 1.69 bits per heavy atom. The SMILES string of the molecule is CCCCCCCCC(=O)O[C@@H](CO)COP(=O)(O)OCC[N+](C)(C)C. The zero-order chi connectivity index (χ0) is 20.1. The molecule has 2 N–H and O–H groups in total. The Bertz CT molecular complexity index is 426. The molecule has 8 nitrogen and oxygen atoms in total. The maximum Gasteiger partial charge on any atom is 0.472 e. The van der Waals surface area contributed by atoms with Crippen LogP contribution in [0.4, 0.5) is 0 Å². The smallest absolute Gasteiger partial charge is 0.457 e. The molecule has 0 aliphatic rings. The molecule has 0 aromatic carbocycles. The van der Waals surface area contributed by atoms with Gasteiger partial charge in [-0.05, 0) is 6.42 Å². The predicted octanol–water partition coefficient (Wildman–Crippen LogP) is 2.48. The first-order valence-electron chi connectivity index (χ1n) is 9.32. The average molecular weight is 398 g/mol. The van der Waals surface area contributed by atoms with Crippen molar-refractivity contribution in [3.8, 4) is 0 Å². The Kier molecular flexibility index (Phi) is 13.4. The van der Waals surface area contributed by atoms with Crippen LogP contribution in [-0.2, 0) is 23.1 Å². The average Bonchev–Trinajstić information content (AvgIpc) is 2.53. The van der Waals surface area contributed by atoms with Gasteiger partial charge in [0.25, 0.3) is 0 Å². The summed E-state index contributed by atoms with van der Waals surface area (Å²) in [5.41, 5.74) is 0. The number of phosphoric acid groups is 1. The van der Waals surface area contributed by atoms with E-state index in [2.05, 4.69) is 6.92 Å². The molecule has 0 aliphatic heterocycles. The molecule has 0 aliphatic carbocycles. The molecular formula is C17H37NO7P+. The lowest BCUT2D eigenvalue weighted by atomic mass is 10.1. The van der Waals surface area contributed by atoms with E-state index < -0.39 is 33.1 Å². The Hall–Kier alpha value is -0.500. The van der Waals surface area contributed by atoms with Crippen molar-refractivity contribution in [2.45, 2.75) is 58.0 Å². The Morgan fingerprint density at radius 1 is 1.08 bits per heavy atom. The van der Waals surface area contributed by atoms with E-state index >= 15 is 0 Å². The summed E-state index contributed by atoms with van der Waals surface area (Å²) in [5.74, 6) is -0.443. The van der Waals surface area contributed by atoms with Gasteiger partial charge in [-0.1, -0.05) is 39.0 Å². The highest BCUT2D eigenvalue weighted by Gasteiger charge is 2.25. The Balaban J connectivity index is 4.02. The second-order valence-corrected chi connectivity index (χ2v) is 8.88. The largest absolute Gasteiger partial charge is 0.472 e. The molecule has 0 saturated carbocycles. The van der Waals surface area contributed by atoms with Crippen molar-refractivity contribution in [2.24, 2.45) is 0 Å². The lowest BCUT2D eigenvalue weighted by molar-refractivity contribution is -0.870. The number of ether oxygens (including phenoxy) is 1. The third-order valence-corrected chi connectivity index (χ3v) is 4.66. The van der Waals surface area contributed by atoms with Crippen LogP contribution in [0.1, 0.15) is 51.9 Å². The molecule has 1 unspecified atom stereocenters. The van der Waals surface area contributed by atoms with Gasteiger partial charge in [0, 0.05) is 6.42 Å². The summed E-state index contributed by atoms with van der Waals surface area (Å²) in [7, 11) is 1.55. The third kappa shape index (κ3) is 15.7. The molecule has 0 bridgehead atoms. The first-order valence-corrected chi connectivity index (χ1v) is 10.8. The molecule has 0 amide bonds. The lowest BCUT2D eigenvalue weighted by Gasteiger charge is -2.24. The van der Waals surface area contributed by atoms with E-state index in [9.17, 15) is 19.4 Å². The van der Waals surface area contributed by atoms with E-state index in [4.69, 9.17) is 13.8 Å². The fourth-order valence-electron chi connectivity index (χ4n) is 2.06. The fraction of sp³-hybridized carbons (Fsp3) is 0.941. The highest BCUT2D eigenvalue weighted by atomic mass is 31.2. The maximum atomic E-state index is 11.8. The van der Waals surface area contributed by atoms with E-state index in [1.54, 1.807) is 0 Å². The summed E-state index contributed by atoms with van der Waals surface area (Å²) in [6, 6.07) is 0. The monoisotopic (exact) mass is 398 g/mol. The number of aliphatic hydroxyl groups excluding tert-OH is 1. The fourth-order valence-corrected chi connectivity index (χ4v) is 2.80. The van der Waals surface area contributed by atoms with E-state index in [0.29, 0.717) is 11.0 Å². The third-order valence-electron chi connectivity index (χ3n) is 3.68. The number of nitrogens with zero attached hydrogens (tertiary/aromatic N) is 1. The van der Waals surface area contributed by atoms with Crippen LogP contribution in [0.15, 0.2) is 0 Å². The van der Waals surface area contributed by atoms with Gasteiger partial charge in [0.15, 0.2) is 0 Å². The molecule has 26 heavy (non-hydrogen) atoms. The predicted molar refractivity (Wildman–Crippen MR) is 99.6 cm³/mol. The van der Waals surface area contributed by atoms with E-state index in [0.717, 1.165) is 19.3 Å². The molecule has 156 valence electrons. The number of rotatable bonds is 16. The van der Waals surface area contributed by atoms with Gasteiger partial charge in [-0.15, -0.1) is 0 Å². The molecule has 2 atom stereocenters. The van der Waals surface area contributed by atoms with Gasteiger partial charge < -0.3 is 19.2 Å². The van der Waals surface area contributed by atoms with Gasteiger partial charge in [-0.25, -0.2) is 4.57 Å². The summed E-state index contributed by atoms with van der Waals surface area (Å²) in [4.78, 5) is 21.4. The van der Waals surface area contributed by atoms with Crippen molar-refractivity contribution in [3.05, 3.63) is 0 Å². The molecule has 0 saturated heterocycles. The van der Waals surface area contributed by atoms with Crippen molar-refractivity contribution in [3.63, 3.8) is 0 Å². The zero-order valence-electron chi connectivity index (χ0n) is 16.7. The number of likely N-dealkylation sites (N-methyl/N-ethyl adjacent to an activating group) is 1. The number of phosphoric ester groups is 1. The number of esters is 1. The second-order valence-electron chi connectivity index (χ2n) is 7.42. The maximum absolute atomic E-state index is 11.8. The minimum absolute atomic E-state index is 0.0545. The van der Waals surface area contributed by atoms with Gasteiger partial charge in [0.1, 0.15) is 19.3 Å². The summed E-state index contributed by atoms with van der Waals surface area (Å²) < 4.78 is 27.1. The molecule has 0 radical (unpaired) electrons. The normalized spacial score (nSPS) is 15.5. The number of aliphatic hydroxyl groups is 1. The van der Waals surface area contributed by atoms with E-state index in [1.807, 2.05) is 21.1 Å². The van der Waals surface area contributed by atoms with Crippen LogP contribution in [0.25, 0.3) is 0 Å². The molecule has 0 spiro atoms. The van der Waals surface area contributed by atoms with E-state index in [1.165, 1.54) is 19.3 Å². The van der Waals surface area contributed by atoms with Gasteiger partial charge in [-0.3, -0.25) is 13.8 Å². The van der Waals surface area contributed by atoms with Crippen LogP contribution >= 0.6 is 7.82 Å². The molecular weight excluding hydrogens is 361 g/mol. The highest BCUT2D eigenvalue weighted by Crippen LogP contribution is 2.43. The minimum Gasteiger partial charge on any atom is -0.457 e. The van der Waals surface area contributed by atoms with Crippen molar-refractivity contribution in [1.29, 1.82) is 0 Å². The van der Waals surface area contributed by atoms with Crippen LogP contribution in [0.2, 0.25) is 0 Å². The van der Waals surface area contributed by atoms with Crippen LogP contribution in [0.3, 0.4) is 0 Å². The second kappa shape index (κ2) is 13.6. The molecule has 9 heteroatoms. The number of hydrogen-bond acceptors (Lipinski definition) is 6. The van der Waals surface area contributed by atoms with Crippen molar-refractivity contribution in [2.75, 3.05) is 47.5 Å². The van der Waals surface area contributed by atoms with Crippen LogP contribution in [0.5, 0.6) is 0 Å². The standard InChI is InChI=1S/C17H36NO7P/c1-5-6-7-8-9-10-11-17(20)25-16(14-19)15-24-26(21,22)23-13-12-18(2,3)4/h16,19H,5-15H2,1-4H3/p+1/t16-/m0/s1. The molecule has 0 fully saturated rings. The number of hydrogen-bond donors (Lipinski definition) is 2. The quantitative estimate of drug-likeness (QED) is 0.178. The summed E-state index contributed by atoms with van der Waals surface area (Å²) in [5, 5.41) is 9.25. The minimum atomic E-state index is -4.24. The van der Waals surface area contributed by atoms with Gasteiger partial charge >= 0.3 is 13.8 Å². The number of carbonyl (C=O) groups excluding carboxylic acids is 1. The summed E-state index contributed by atoms with van der Waals surface area (Å²) in [6.07, 6.45) is 5.60. The van der Waals surface area contributed by atoms with Crippen molar-refractivity contribution >= 4 is 13.8 Å². The topological polar surface area (TPSA) is 102 Å². The van der Waals surface area contributed by atoms with Crippen LogP contribution in [-0.4, -0.2) is 74.1 Å². The molecule has 0 aromatic heterocycles. The van der Waals surface area contributed by atoms with Crippen LogP contribution in [0, 0.1) is 0 Å². The van der Waals surface area contributed by atoms with Crippen molar-refractivity contribution < 1.29 is 37.6 Å². The van der Waals surface area contributed by atoms with Crippen LogP contribution < -0.4 is 0 Å². The lowest BCUT2D eigenvalue weighted by Crippen LogP contribution is -2.37. The van der Waals surface area contributed by atoms with E-state index in [-0.39, 0.29) is 13.0 Å². The number of quaternary nitrogens is 1. The molecule has 0 aromatic rings. The van der Waals surface area contributed by atoms with Gasteiger partial charge in [0.05, 0.1) is 34.4 Å². The zero-order valence-corrected chi connectivity index (χ0v) is 17.6. The highest BCUT2D eigenvalue weighted by molar-refractivity contribution is 7.47. The number of unbranched alkanes of at least 4 members (excludes halogenated alkanes) is 5.